The molecular formula is C23H23N3O3S2. The first-order chi connectivity index (χ1) is 14.9. The van der Waals surface area contributed by atoms with Gasteiger partial charge in [0.15, 0.2) is 0 Å². The van der Waals surface area contributed by atoms with Crippen LogP contribution in [0.1, 0.15) is 34.3 Å². The van der Waals surface area contributed by atoms with Crippen molar-refractivity contribution >= 4 is 33.4 Å². The van der Waals surface area contributed by atoms with Gasteiger partial charge in [-0.05, 0) is 67.3 Å². The molecular weight excluding hydrogens is 430 g/mol. The Bertz CT molecular complexity index is 1190. The van der Waals surface area contributed by atoms with Crippen molar-refractivity contribution in [1.82, 2.24) is 9.71 Å². The zero-order valence-corrected chi connectivity index (χ0v) is 18.7. The van der Waals surface area contributed by atoms with Gasteiger partial charge in [-0.15, -0.1) is 11.8 Å². The molecule has 1 aliphatic rings. The van der Waals surface area contributed by atoms with Crippen LogP contribution in [0.5, 0.6) is 0 Å². The predicted octanol–water partition coefficient (Wildman–Crippen LogP) is 4.38. The van der Waals surface area contributed by atoms with Gasteiger partial charge in [-0.25, -0.2) is 18.1 Å². The average Bonchev–Trinajstić information content (AvgIpc) is 3.57. The van der Waals surface area contributed by atoms with Crippen molar-refractivity contribution in [2.24, 2.45) is 0 Å². The van der Waals surface area contributed by atoms with Crippen molar-refractivity contribution < 1.29 is 13.2 Å². The molecule has 0 spiro atoms. The predicted molar refractivity (Wildman–Crippen MR) is 123 cm³/mol. The molecule has 3 aromatic rings. The van der Waals surface area contributed by atoms with Crippen LogP contribution in [0.15, 0.2) is 76.8 Å². The van der Waals surface area contributed by atoms with E-state index in [1.165, 1.54) is 12.1 Å². The number of sulfonamides is 1. The number of aryl methyl sites for hydroxylation is 1. The Balaban J connectivity index is 1.47. The van der Waals surface area contributed by atoms with E-state index in [4.69, 9.17) is 0 Å². The zero-order chi connectivity index (χ0) is 21.8. The molecule has 0 aliphatic heterocycles. The summed E-state index contributed by atoms with van der Waals surface area (Å²) in [5.41, 5.74) is 2.76. The molecule has 2 aromatic carbocycles. The van der Waals surface area contributed by atoms with Crippen LogP contribution in [0.4, 0.5) is 5.69 Å². The number of rotatable bonds is 8. The average molecular weight is 454 g/mol. The fourth-order valence-corrected chi connectivity index (χ4v) is 5.16. The van der Waals surface area contributed by atoms with Crippen LogP contribution in [-0.4, -0.2) is 25.4 Å². The van der Waals surface area contributed by atoms with Gasteiger partial charge >= 0.3 is 0 Å². The third-order valence-corrected chi connectivity index (χ3v) is 7.41. The summed E-state index contributed by atoms with van der Waals surface area (Å²) in [4.78, 5) is 17.3. The molecule has 4 rings (SSSR count). The summed E-state index contributed by atoms with van der Waals surface area (Å²) < 4.78 is 27.7. The lowest BCUT2D eigenvalue weighted by Crippen LogP contribution is -2.26. The molecule has 0 bridgehead atoms. The van der Waals surface area contributed by atoms with Gasteiger partial charge < -0.3 is 5.32 Å². The largest absolute Gasteiger partial charge is 0.322 e. The highest BCUT2D eigenvalue weighted by atomic mass is 32.2. The maximum absolute atomic E-state index is 12.9. The van der Waals surface area contributed by atoms with Gasteiger partial charge in [0.25, 0.3) is 5.91 Å². The Morgan fingerprint density at radius 1 is 1.10 bits per heavy atom. The highest BCUT2D eigenvalue weighted by molar-refractivity contribution is 7.98. The Morgan fingerprint density at radius 3 is 2.68 bits per heavy atom. The summed E-state index contributed by atoms with van der Waals surface area (Å²) in [6.07, 6.45) is 3.47. The van der Waals surface area contributed by atoms with E-state index in [2.05, 4.69) is 15.0 Å². The number of nitrogens with one attached hydrogen (secondary N) is 2. The number of benzene rings is 2. The monoisotopic (exact) mass is 453 g/mol. The van der Waals surface area contributed by atoms with Gasteiger partial charge in [0.05, 0.1) is 9.92 Å². The van der Waals surface area contributed by atoms with Crippen molar-refractivity contribution in [1.29, 1.82) is 0 Å². The minimum absolute atomic E-state index is 0.00951. The number of amides is 1. The lowest BCUT2D eigenvalue weighted by atomic mass is 10.1. The SMILES string of the molecule is Cc1ccc(S(=O)(=O)NC2CC2)cc1C(=O)Nc1cccc(CSc2ccccn2)c1. The highest BCUT2D eigenvalue weighted by Crippen LogP contribution is 2.25. The van der Waals surface area contributed by atoms with E-state index >= 15 is 0 Å². The molecule has 1 heterocycles. The second kappa shape index (κ2) is 9.21. The number of hydrogen-bond donors (Lipinski definition) is 2. The van der Waals surface area contributed by atoms with Gasteiger partial charge in [-0.2, -0.15) is 0 Å². The molecule has 2 N–H and O–H groups in total. The summed E-state index contributed by atoms with van der Waals surface area (Å²) in [6, 6.07) is 18.0. The molecule has 0 radical (unpaired) electrons. The maximum atomic E-state index is 12.9. The number of carbonyl (C=O) groups excluding carboxylic acids is 1. The van der Waals surface area contributed by atoms with E-state index in [-0.39, 0.29) is 16.8 Å². The van der Waals surface area contributed by atoms with Crippen molar-refractivity contribution in [2.75, 3.05) is 5.32 Å². The van der Waals surface area contributed by atoms with E-state index in [9.17, 15) is 13.2 Å². The van der Waals surface area contributed by atoms with E-state index in [1.807, 2.05) is 42.5 Å². The zero-order valence-electron chi connectivity index (χ0n) is 17.0. The Hall–Kier alpha value is -2.68. The lowest BCUT2D eigenvalue weighted by molar-refractivity contribution is 0.102. The van der Waals surface area contributed by atoms with Crippen LogP contribution in [0.3, 0.4) is 0 Å². The molecule has 0 atom stereocenters. The van der Waals surface area contributed by atoms with Gasteiger partial charge in [-0.1, -0.05) is 24.3 Å². The number of anilines is 1. The molecule has 0 saturated heterocycles. The van der Waals surface area contributed by atoms with Crippen molar-refractivity contribution in [3.8, 4) is 0 Å². The van der Waals surface area contributed by atoms with E-state index in [0.29, 0.717) is 16.8 Å². The molecule has 1 aliphatic carbocycles. The quantitative estimate of drug-likeness (QED) is 0.494. The van der Waals surface area contributed by atoms with Gasteiger partial charge in [0, 0.05) is 29.2 Å². The first kappa shape index (κ1) is 21.5. The number of pyridine rings is 1. The highest BCUT2D eigenvalue weighted by Gasteiger charge is 2.28. The van der Waals surface area contributed by atoms with E-state index < -0.39 is 10.0 Å². The fourth-order valence-electron chi connectivity index (χ4n) is 3.03. The summed E-state index contributed by atoms with van der Waals surface area (Å²) >= 11 is 1.62. The summed E-state index contributed by atoms with van der Waals surface area (Å²) in [7, 11) is -3.62. The van der Waals surface area contributed by atoms with Crippen LogP contribution in [0, 0.1) is 6.92 Å². The second-order valence-corrected chi connectivity index (χ2v) is 10.2. The fraction of sp³-hybridized carbons (Fsp3) is 0.217. The Labute approximate surface area is 186 Å². The minimum Gasteiger partial charge on any atom is -0.322 e. The minimum atomic E-state index is -3.62. The molecule has 31 heavy (non-hydrogen) atoms. The van der Waals surface area contributed by atoms with Crippen LogP contribution in [0.2, 0.25) is 0 Å². The van der Waals surface area contributed by atoms with Crippen molar-refractivity contribution in [3.63, 3.8) is 0 Å². The molecule has 8 heteroatoms. The van der Waals surface area contributed by atoms with Gasteiger partial charge in [0.2, 0.25) is 10.0 Å². The summed E-state index contributed by atoms with van der Waals surface area (Å²) in [5.74, 6) is 0.385. The molecule has 160 valence electrons. The molecule has 0 unspecified atom stereocenters. The van der Waals surface area contributed by atoms with Crippen molar-refractivity contribution in [3.05, 3.63) is 83.6 Å². The first-order valence-electron chi connectivity index (χ1n) is 9.98. The first-order valence-corrected chi connectivity index (χ1v) is 12.4. The molecule has 6 nitrogen and oxygen atoms in total. The molecule has 1 aromatic heterocycles. The third-order valence-electron chi connectivity index (χ3n) is 4.87. The topological polar surface area (TPSA) is 88.2 Å². The molecule has 1 fully saturated rings. The summed E-state index contributed by atoms with van der Waals surface area (Å²) in [6.45, 7) is 1.79. The van der Waals surface area contributed by atoms with Crippen LogP contribution in [0.25, 0.3) is 0 Å². The molecule has 1 saturated carbocycles. The lowest BCUT2D eigenvalue weighted by Gasteiger charge is -2.12. The van der Waals surface area contributed by atoms with E-state index in [0.717, 1.165) is 29.2 Å². The second-order valence-electron chi connectivity index (χ2n) is 7.48. The normalized spacial score (nSPS) is 13.7. The Morgan fingerprint density at radius 2 is 1.94 bits per heavy atom. The van der Waals surface area contributed by atoms with E-state index in [1.54, 1.807) is 30.9 Å². The van der Waals surface area contributed by atoms with Crippen LogP contribution in [-0.2, 0) is 15.8 Å². The van der Waals surface area contributed by atoms with Crippen LogP contribution < -0.4 is 10.0 Å². The number of aromatic nitrogens is 1. The van der Waals surface area contributed by atoms with Crippen LogP contribution >= 0.6 is 11.8 Å². The standard InChI is InChI=1S/C23H23N3O3S2/c1-16-8-11-20(31(28,29)26-18-9-10-18)14-21(16)23(27)25-19-6-4-5-17(13-19)15-30-22-7-2-3-12-24-22/h2-8,11-14,18,26H,9-10,15H2,1H3,(H,25,27). The maximum Gasteiger partial charge on any atom is 0.255 e. The van der Waals surface area contributed by atoms with Gasteiger partial charge in [0.1, 0.15) is 0 Å². The number of nitrogens with zero attached hydrogens (tertiary/aromatic N) is 1. The number of carbonyl (C=O) groups is 1. The smallest absolute Gasteiger partial charge is 0.255 e. The van der Waals surface area contributed by atoms with Gasteiger partial charge in [-0.3, -0.25) is 4.79 Å². The number of thioether (sulfide) groups is 1. The Kier molecular flexibility index (Phi) is 6.41. The number of hydrogen-bond acceptors (Lipinski definition) is 5. The van der Waals surface area contributed by atoms with Crippen molar-refractivity contribution in [2.45, 2.75) is 41.5 Å². The third kappa shape index (κ3) is 5.72. The molecule has 1 amide bonds. The summed E-state index contributed by atoms with van der Waals surface area (Å²) in [5, 5.41) is 3.83.